The van der Waals surface area contributed by atoms with E-state index in [1.165, 1.54) is 17.5 Å². The summed E-state index contributed by atoms with van der Waals surface area (Å²) in [6.07, 6.45) is 3.47. The number of aryl methyl sites for hydroxylation is 2. The summed E-state index contributed by atoms with van der Waals surface area (Å²) in [6, 6.07) is 14.6. The minimum absolute atomic E-state index is 0.302. The van der Waals surface area contributed by atoms with E-state index in [1.54, 1.807) is 6.07 Å². The molecule has 1 aromatic heterocycles. The van der Waals surface area contributed by atoms with Gasteiger partial charge >= 0.3 is 5.63 Å². The maximum absolute atomic E-state index is 11.9. The molecule has 4 nitrogen and oxygen atoms in total. The Balaban J connectivity index is 1.58. The van der Waals surface area contributed by atoms with Gasteiger partial charge < -0.3 is 9.15 Å². The third-order valence-electron chi connectivity index (χ3n) is 5.70. The van der Waals surface area contributed by atoms with Gasteiger partial charge in [0.05, 0.1) is 5.56 Å². The smallest absolute Gasteiger partial charge is 0.336 e. The van der Waals surface area contributed by atoms with Crippen molar-refractivity contribution in [3.63, 3.8) is 0 Å². The standard InChI is InChI=1S/C22H21NO3/c1-14-11-21(24)26-22-16(14)9-10-20-18(22)12-23(13-25-20)19-8-4-6-15-5-2-3-7-17(15)19/h2-3,5,7,9-11,19H,4,6,8,12-13H2,1H3. The summed E-state index contributed by atoms with van der Waals surface area (Å²) in [5.74, 6) is 0.826. The molecule has 1 unspecified atom stereocenters. The summed E-state index contributed by atoms with van der Waals surface area (Å²) < 4.78 is 11.6. The van der Waals surface area contributed by atoms with E-state index in [0.717, 1.165) is 41.6 Å². The summed E-state index contributed by atoms with van der Waals surface area (Å²) in [5, 5.41) is 0.984. The first kappa shape index (κ1) is 15.6. The lowest BCUT2D eigenvalue weighted by molar-refractivity contribution is 0.0482. The largest absolute Gasteiger partial charge is 0.478 e. The van der Waals surface area contributed by atoms with Gasteiger partial charge in [-0.05, 0) is 55.0 Å². The molecule has 3 aromatic rings. The Morgan fingerprint density at radius 2 is 2.04 bits per heavy atom. The molecular formula is C22H21NO3. The van der Waals surface area contributed by atoms with Crippen molar-refractivity contribution in [2.45, 2.75) is 38.8 Å². The van der Waals surface area contributed by atoms with Crippen LogP contribution in [-0.2, 0) is 13.0 Å². The average Bonchev–Trinajstić information content (AvgIpc) is 2.67. The second kappa shape index (κ2) is 5.99. The van der Waals surface area contributed by atoms with Gasteiger partial charge in [-0.1, -0.05) is 24.3 Å². The van der Waals surface area contributed by atoms with Gasteiger partial charge in [-0.2, -0.15) is 0 Å². The van der Waals surface area contributed by atoms with Crippen LogP contribution in [0.15, 0.2) is 51.7 Å². The SMILES string of the molecule is Cc1cc(=O)oc2c3c(ccc12)OCN(C1CCCc2ccccc21)C3. The third-order valence-corrected chi connectivity index (χ3v) is 5.70. The molecule has 1 aliphatic carbocycles. The Labute approximate surface area is 152 Å². The number of fused-ring (bicyclic) bond motifs is 4. The molecule has 0 saturated carbocycles. The van der Waals surface area contributed by atoms with E-state index in [0.29, 0.717) is 18.4 Å². The topological polar surface area (TPSA) is 42.7 Å². The first-order valence-electron chi connectivity index (χ1n) is 9.22. The number of hydrogen-bond donors (Lipinski definition) is 0. The van der Waals surface area contributed by atoms with E-state index >= 15 is 0 Å². The number of benzene rings is 2. The number of hydrogen-bond acceptors (Lipinski definition) is 4. The van der Waals surface area contributed by atoms with Gasteiger partial charge in [-0.25, -0.2) is 4.79 Å². The van der Waals surface area contributed by atoms with Crippen LogP contribution in [0.25, 0.3) is 11.0 Å². The van der Waals surface area contributed by atoms with E-state index in [-0.39, 0.29) is 5.63 Å². The van der Waals surface area contributed by atoms with Gasteiger partial charge in [-0.15, -0.1) is 0 Å². The van der Waals surface area contributed by atoms with E-state index in [4.69, 9.17) is 9.15 Å². The minimum Gasteiger partial charge on any atom is -0.478 e. The molecule has 0 spiro atoms. The monoisotopic (exact) mass is 347 g/mol. The number of rotatable bonds is 1. The van der Waals surface area contributed by atoms with Crippen LogP contribution in [0.2, 0.25) is 0 Å². The van der Waals surface area contributed by atoms with E-state index < -0.39 is 0 Å². The molecule has 0 radical (unpaired) electrons. The predicted molar refractivity (Wildman–Crippen MR) is 100 cm³/mol. The molecule has 2 aromatic carbocycles. The molecule has 0 amide bonds. The van der Waals surface area contributed by atoms with Crippen LogP contribution in [-0.4, -0.2) is 11.6 Å². The maximum Gasteiger partial charge on any atom is 0.336 e. The van der Waals surface area contributed by atoms with Crippen molar-refractivity contribution < 1.29 is 9.15 Å². The summed E-state index contributed by atoms with van der Waals surface area (Å²) >= 11 is 0. The molecule has 0 saturated heterocycles. The van der Waals surface area contributed by atoms with Gasteiger partial charge in [0.2, 0.25) is 0 Å². The lowest BCUT2D eigenvalue weighted by atomic mass is 9.86. The fourth-order valence-electron chi connectivity index (χ4n) is 4.42. The van der Waals surface area contributed by atoms with Gasteiger partial charge in [0, 0.05) is 24.0 Å². The number of nitrogens with zero attached hydrogens (tertiary/aromatic N) is 1. The summed E-state index contributed by atoms with van der Waals surface area (Å²) in [7, 11) is 0. The van der Waals surface area contributed by atoms with Crippen LogP contribution < -0.4 is 10.4 Å². The van der Waals surface area contributed by atoms with E-state index in [2.05, 4.69) is 29.2 Å². The molecule has 2 heterocycles. The van der Waals surface area contributed by atoms with Crippen molar-refractivity contribution >= 4 is 11.0 Å². The van der Waals surface area contributed by atoms with Crippen molar-refractivity contribution in [2.75, 3.05) is 6.73 Å². The maximum atomic E-state index is 11.9. The lowest BCUT2D eigenvalue weighted by Crippen LogP contribution is -2.37. The highest BCUT2D eigenvalue weighted by molar-refractivity contribution is 5.85. The second-order valence-electron chi connectivity index (χ2n) is 7.29. The Morgan fingerprint density at radius 3 is 2.96 bits per heavy atom. The van der Waals surface area contributed by atoms with Crippen LogP contribution in [0.5, 0.6) is 5.75 Å². The van der Waals surface area contributed by atoms with Crippen molar-refractivity contribution in [3.05, 3.63) is 75.1 Å². The van der Waals surface area contributed by atoms with Crippen LogP contribution in [0.1, 0.15) is 41.1 Å². The molecule has 0 N–H and O–H groups in total. The molecule has 2 aliphatic rings. The normalized spacial score (nSPS) is 19.7. The third kappa shape index (κ3) is 2.44. The minimum atomic E-state index is -0.302. The Hall–Kier alpha value is -2.59. The van der Waals surface area contributed by atoms with Crippen LogP contribution >= 0.6 is 0 Å². The predicted octanol–water partition coefficient (Wildman–Crippen LogP) is 4.33. The zero-order valence-electron chi connectivity index (χ0n) is 14.8. The van der Waals surface area contributed by atoms with Crippen LogP contribution in [0.4, 0.5) is 0 Å². The molecule has 1 aliphatic heterocycles. The highest BCUT2D eigenvalue weighted by Gasteiger charge is 2.30. The first-order chi connectivity index (χ1) is 12.7. The summed E-state index contributed by atoms with van der Waals surface area (Å²) in [4.78, 5) is 14.3. The Morgan fingerprint density at radius 1 is 1.15 bits per heavy atom. The fourth-order valence-corrected chi connectivity index (χ4v) is 4.42. The molecule has 132 valence electrons. The van der Waals surface area contributed by atoms with Crippen molar-refractivity contribution in [1.82, 2.24) is 4.90 Å². The highest BCUT2D eigenvalue weighted by Crippen LogP contribution is 2.39. The molecule has 5 rings (SSSR count). The Kier molecular flexibility index (Phi) is 3.61. The van der Waals surface area contributed by atoms with E-state index in [9.17, 15) is 4.79 Å². The second-order valence-corrected chi connectivity index (χ2v) is 7.29. The summed E-state index contributed by atoms with van der Waals surface area (Å²) in [5.41, 5.74) is 5.14. The fraction of sp³-hybridized carbons (Fsp3) is 0.318. The molecule has 0 fully saturated rings. The molecule has 26 heavy (non-hydrogen) atoms. The zero-order chi connectivity index (χ0) is 17.7. The van der Waals surface area contributed by atoms with Gasteiger partial charge in [-0.3, -0.25) is 4.90 Å². The molecule has 4 heteroatoms. The van der Waals surface area contributed by atoms with Crippen LogP contribution in [0, 0.1) is 6.92 Å². The Bertz CT molecular complexity index is 1050. The van der Waals surface area contributed by atoms with Crippen molar-refractivity contribution in [1.29, 1.82) is 0 Å². The van der Waals surface area contributed by atoms with Crippen molar-refractivity contribution in [2.24, 2.45) is 0 Å². The first-order valence-corrected chi connectivity index (χ1v) is 9.22. The molecule has 0 bridgehead atoms. The zero-order valence-corrected chi connectivity index (χ0v) is 14.8. The van der Waals surface area contributed by atoms with Gasteiger partial charge in [0.1, 0.15) is 18.1 Å². The average molecular weight is 347 g/mol. The molecular weight excluding hydrogens is 326 g/mol. The summed E-state index contributed by atoms with van der Waals surface area (Å²) in [6.45, 7) is 3.25. The molecule has 1 atom stereocenters. The van der Waals surface area contributed by atoms with Gasteiger partial charge in [0.15, 0.2) is 0 Å². The van der Waals surface area contributed by atoms with Gasteiger partial charge in [0.25, 0.3) is 0 Å². The number of ether oxygens (including phenoxy) is 1. The highest BCUT2D eigenvalue weighted by atomic mass is 16.5. The van der Waals surface area contributed by atoms with Crippen molar-refractivity contribution in [3.8, 4) is 5.75 Å². The lowest BCUT2D eigenvalue weighted by Gasteiger charge is -2.38. The quantitative estimate of drug-likeness (QED) is 0.615. The van der Waals surface area contributed by atoms with Crippen LogP contribution in [0.3, 0.4) is 0 Å². The van der Waals surface area contributed by atoms with E-state index in [1.807, 2.05) is 19.1 Å².